The van der Waals surface area contributed by atoms with Gasteiger partial charge in [0, 0.05) is 6.20 Å². The summed E-state index contributed by atoms with van der Waals surface area (Å²) in [6, 6.07) is 8.08. The lowest BCUT2D eigenvalue weighted by molar-refractivity contribution is -0.274. The van der Waals surface area contributed by atoms with Crippen molar-refractivity contribution in [2.45, 2.75) is 12.5 Å². The zero-order valence-electron chi connectivity index (χ0n) is 9.93. The molecule has 0 aliphatic rings. The number of aliphatic hydroxyl groups excluding tert-OH is 1. The first-order valence-electron chi connectivity index (χ1n) is 5.50. The molecule has 1 atom stereocenters. The second-order valence-corrected chi connectivity index (χ2v) is 4.32. The summed E-state index contributed by atoms with van der Waals surface area (Å²) in [4.78, 5) is 3.76. The normalized spacial score (nSPS) is 13.1. The van der Waals surface area contributed by atoms with Crippen molar-refractivity contribution < 1.29 is 23.0 Å². The van der Waals surface area contributed by atoms with Gasteiger partial charge < -0.3 is 9.84 Å². The number of pyridine rings is 1. The largest absolute Gasteiger partial charge is 0.573 e. The summed E-state index contributed by atoms with van der Waals surface area (Å²) in [5.74, 6) is -0.394. The second kappa shape index (κ2) is 5.68. The van der Waals surface area contributed by atoms with Crippen molar-refractivity contribution >= 4 is 11.6 Å². The Bertz CT molecular complexity index is 604. The maximum Gasteiger partial charge on any atom is 0.573 e. The Labute approximate surface area is 117 Å². The molecule has 1 aromatic heterocycles. The van der Waals surface area contributed by atoms with Crippen LogP contribution in [0, 0.1) is 0 Å². The van der Waals surface area contributed by atoms with E-state index in [4.69, 9.17) is 11.6 Å². The highest BCUT2D eigenvalue weighted by molar-refractivity contribution is 6.29. The molecular weight excluding hydrogens is 295 g/mol. The standard InChI is InChI=1S/C13H9ClF3NO2/c14-11-7-9(4-5-18-11)12(19)8-2-1-3-10(6-8)20-13(15,16)17/h1-7,12,19H. The van der Waals surface area contributed by atoms with Gasteiger partial charge in [0.05, 0.1) is 0 Å². The average molecular weight is 304 g/mol. The number of halogens is 4. The molecule has 0 amide bonds. The Kier molecular flexibility index (Phi) is 4.15. The van der Waals surface area contributed by atoms with Crippen LogP contribution in [0.5, 0.6) is 5.75 Å². The van der Waals surface area contributed by atoms with Gasteiger partial charge in [0.25, 0.3) is 0 Å². The maximum atomic E-state index is 12.1. The number of nitrogens with zero attached hydrogens (tertiary/aromatic N) is 1. The van der Waals surface area contributed by atoms with E-state index in [9.17, 15) is 18.3 Å². The number of rotatable bonds is 3. The molecule has 0 aliphatic carbocycles. The summed E-state index contributed by atoms with van der Waals surface area (Å²) in [5.41, 5.74) is 0.683. The molecule has 2 rings (SSSR count). The number of ether oxygens (including phenoxy) is 1. The van der Waals surface area contributed by atoms with Gasteiger partial charge in [0.15, 0.2) is 0 Å². The lowest BCUT2D eigenvalue weighted by Gasteiger charge is -2.14. The third-order valence-corrected chi connectivity index (χ3v) is 2.68. The van der Waals surface area contributed by atoms with Crippen molar-refractivity contribution in [2.75, 3.05) is 0 Å². The Hall–Kier alpha value is -1.79. The van der Waals surface area contributed by atoms with Crippen LogP contribution in [0.2, 0.25) is 5.15 Å². The lowest BCUT2D eigenvalue weighted by atomic mass is 10.0. The first kappa shape index (κ1) is 14.6. The van der Waals surface area contributed by atoms with Gasteiger partial charge in [0.1, 0.15) is 17.0 Å². The fourth-order valence-electron chi connectivity index (χ4n) is 1.66. The summed E-state index contributed by atoms with van der Waals surface area (Å²) in [6.45, 7) is 0. The van der Waals surface area contributed by atoms with Crippen LogP contribution in [-0.4, -0.2) is 16.5 Å². The molecule has 0 saturated heterocycles. The molecule has 1 heterocycles. The fourth-order valence-corrected chi connectivity index (χ4v) is 1.84. The van der Waals surface area contributed by atoms with Crippen molar-refractivity contribution in [3.05, 3.63) is 58.9 Å². The highest BCUT2D eigenvalue weighted by Gasteiger charge is 2.31. The van der Waals surface area contributed by atoms with Gasteiger partial charge >= 0.3 is 6.36 Å². The van der Waals surface area contributed by atoms with Crippen molar-refractivity contribution in [2.24, 2.45) is 0 Å². The van der Waals surface area contributed by atoms with E-state index in [0.717, 1.165) is 12.1 Å². The molecule has 0 radical (unpaired) electrons. The molecule has 106 valence electrons. The second-order valence-electron chi connectivity index (χ2n) is 3.93. The first-order valence-corrected chi connectivity index (χ1v) is 5.88. The smallest absolute Gasteiger partial charge is 0.406 e. The van der Waals surface area contributed by atoms with E-state index < -0.39 is 18.2 Å². The van der Waals surface area contributed by atoms with E-state index in [1.54, 1.807) is 0 Å². The van der Waals surface area contributed by atoms with Gasteiger partial charge in [-0.15, -0.1) is 13.2 Å². The summed E-state index contributed by atoms with van der Waals surface area (Å²) in [6.07, 6.45) is -4.49. The number of hydrogen-bond donors (Lipinski definition) is 1. The zero-order chi connectivity index (χ0) is 14.8. The third-order valence-electron chi connectivity index (χ3n) is 2.47. The predicted octanol–water partition coefficient (Wildman–Crippen LogP) is 3.72. The lowest BCUT2D eigenvalue weighted by Crippen LogP contribution is -2.17. The molecule has 0 spiro atoms. The highest BCUT2D eigenvalue weighted by atomic mass is 35.5. The molecular formula is C13H9ClF3NO2. The van der Waals surface area contributed by atoms with Crippen LogP contribution in [0.25, 0.3) is 0 Å². The molecule has 0 fully saturated rings. The van der Waals surface area contributed by atoms with Crippen molar-refractivity contribution in [1.29, 1.82) is 0 Å². The quantitative estimate of drug-likeness (QED) is 0.879. The minimum atomic E-state index is -4.77. The molecule has 1 N–H and O–H groups in total. The minimum absolute atomic E-state index is 0.184. The highest BCUT2D eigenvalue weighted by Crippen LogP contribution is 2.28. The molecule has 0 aliphatic heterocycles. The summed E-state index contributed by atoms with van der Waals surface area (Å²) in [5, 5.41) is 10.3. The molecule has 20 heavy (non-hydrogen) atoms. The fraction of sp³-hybridized carbons (Fsp3) is 0.154. The van der Waals surface area contributed by atoms with Gasteiger partial charge in [0.2, 0.25) is 0 Å². The summed E-state index contributed by atoms with van der Waals surface area (Å²) in [7, 11) is 0. The van der Waals surface area contributed by atoms with Crippen LogP contribution in [0.15, 0.2) is 42.6 Å². The van der Waals surface area contributed by atoms with E-state index in [2.05, 4.69) is 9.72 Å². The van der Waals surface area contributed by atoms with Gasteiger partial charge in [-0.3, -0.25) is 0 Å². The van der Waals surface area contributed by atoms with Crippen LogP contribution >= 0.6 is 11.6 Å². The Morgan fingerprint density at radius 1 is 1.15 bits per heavy atom. The van der Waals surface area contributed by atoms with Crippen LogP contribution in [0.4, 0.5) is 13.2 Å². The Morgan fingerprint density at radius 2 is 1.85 bits per heavy atom. The molecule has 2 aromatic rings. The first-order chi connectivity index (χ1) is 9.35. The number of aromatic nitrogens is 1. The van der Waals surface area contributed by atoms with Crippen LogP contribution in [-0.2, 0) is 0 Å². The van der Waals surface area contributed by atoms with E-state index >= 15 is 0 Å². The number of hydrogen-bond acceptors (Lipinski definition) is 3. The number of benzene rings is 1. The number of alkyl halides is 3. The topological polar surface area (TPSA) is 42.4 Å². The van der Waals surface area contributed by atoms with Gasteiger partial charge in [-0.05, 0) is 35.4 Å². The van der Waals surface area contributed by atoms with Crippen molar-refractivity contribution in [3.8, 4) is 5.75 Å². The number of aliphatic hydroxyl groups is 1. The Balaban J connectivity index is 2.26. The monoisotopic (exact) mass is 303 g/mol. The van der Waals surface area contributed by atoms with Gasteiger partial charge in [-0.25, -0.2) is 4.98 Å². The van der Waals surface area contributed by atoms with E-state index in [-0.39, 0.29) is 10.7 Å². The Morgan fingerprint density at radius 3 is 2.50 bits per heavy atom. The zero-order valence-corrected chi connectivity index (χ0v) is 10.7. The van der Waals surface area contributed by atoms with Crippen molar-refractivity contribution in [1.82, 2.24) is 4.98 Å². The van der Waals surface area contributed by atoms with E-state index in [1.165, 1.54) is 30.5 Å². The maximum absolute atomic E-state index is 12.1. The van der Waals surface area contributed by atoms with Gasteiger partial charge in [-0.2, -0.15) is 0 Å². The molecule has 7 heteroatoms. The van der Waals surface area contributed by atoms with E-state index in [0.29, 0.717) is 5.56 Å². The van der Waals surface area contributed by atoms with Crippen LogP contribution in [0.1, 0.15) is 17.2 Å². The molecule has 3 nitrogen and oxygen atoms in total. The average Bonchev–Trinajstić information content (AvgIpc) is 2.36. The third kappa shape index (κ3) is 3.85. The van der Waals surface area contributed by atoms with E-state index in [1.807, 2.05) is 0 Å². The summed E-state index contributed by atoms with van der Waals surface area (Å²) < 4.78 is 40.2. The van der Waals surface area contributed by atoms with Crippen LogP contribution in [0.3, 0.4) is 0 Å². The predicted molar refractivity (Wildman–Crippen MR) is 66.4 cm³/mol. The van der Waals surface area contributed by atoms with Gasteiger partial charge in [-0.1, -0.05) is 23.7 Å². The molecule has 0 saturated carbocycles. The van der Waals surface area contributed by atoms with Crippen molar-refractivity contribution in [3.63, 3.8) is 0 Å². The SMILES string of the molecule is OC(c1cccc(OC(F)(F)F)c1)c1ccnc(Cl)c1. The minimum Gasteiger partial charge on any atom is -0.406 e. The molecule has 1 aromatic carbocycles. The molecule has 1 unspecified atom stereocenters. The summed E-state index contributed by atoms with van der Waals surface area (Å²) >= 11 is 5.70. The van der Waals surface area contributed by atoms with Crippen LogP contribution < -0.4 is 4.74 Å². The molecule has 0 bridgehead atoms.